The molecule has 7 nitrogen and oxygen atoms in total. The van der Waals surface area contributed by atoms with Crippen LogP contribution in [0.1, 0.15) is 0 Å². The topological polar surface area (TPSA) is 83.2 Å². The minimum absolute atomic E-state index is 0.0326. The third-order valence-corrected chi connectivity index (χ3v) is 4.18. The molecule has 0 aromatic heterocycles. The zero-order chi connectivity index (χ0) is 21.4. The summed E-state index contributed by atoms with van der Waals surface area (Å²) in [5, 5.41) is 11.1. The van der Waals surface area contributed by atoms with Gasteiger partial charge in [0.2, 0.25) is 5.75 Å². The van der Waals surface area contributed by atoms with E-state index < -0.39 is 38.1 Å². The smallest absolute Gasteiger partial charge is 0.428 e. The zero-order valence-corrected chi connectivity index (χ0v) is 16.1. The molecule has 1 heterocycles. The van der Waals surface area contributed by atoms with E-state index in [1.165, 1.54) is 36.4 Å². The van der Waals surface area contributed by atoms with Crippen molar-refractivity contribution >= 4 is 46.4 Å². The van der Waals surface area contributed by atoms with Crippen LogP contribution in [-0.2, 0) is 0 Å². The van der Waals surface area contributed by atoms with Gasteiger partial charge in [0.1, 0.15) is 0 Å². The Morgan fingerprint density at radius 2 is 1.55 bits per heavy atom. The fourth-order valence-electron chi connectivity index (χ4n) is 2.24. The Labute approximate surface area is 175 Å². The molecule has 13 heteroatoms. The Kier molecular flexibility index (Phi) is 5.46. The van der Waals surface area contributed by atoms with E-state index >= 15 is 0 Å². The Morgan fingerprint density at radius 3 is 2.03 bits per heavy atom. The molecule has 0 atom stereocenters. The Hall–Kier alpha value is -2.43. The van der Waals surface area contributed by atoms with Crippen molar-refractivity contribution < 1.29 is 32.3 Å². The summed E-state index contributed by atoms with van der Waals surface area (Å²) in [5.74, 6) is -5.57. The average molecular weight is 472 g/mol. The molecule has 2 aromatic carbocycles. The van der Waals surface area contributed by atoms with Crippen LogP contribution in [0, 0.1) is 10.1 Å². The molecule has 0 saturated carbocycles. The number of nitrogens with zero attached hydrogens (tertiary/aromatic N) is 2. The van der Waals surface area contributed by atoms with E-state index in [9.17, 15) is 23.3 Å². The zero-order valence-electron chi connectivity index (χ0n) is 13.8. The van der Waals surface area contributed by atoms with Gasteiger partial charge in [-0.3, -0.25) is 10.1 Å². The number of alkyl halides is 6. The maximum absolute atomic E-state index is 13.6. The number of rotatable bonds is 3. The molecule has 3 rings (SSSR count). The summed E-state index contributed by atoms with van der Waals surface area (Å²) in [5.41, 5.74) is -0.732. The van der Waals surface area contributed by atoms with Crippen molar-refractivity contribution in [2.75, 3.05) is 0 Å². The molecule has 1 aliphatic heterocycles. The van der Waals surface area contributed by atoms with Crippen molar-refractivity contribution in [3.05, 3.63) is 58.6 Å². The number of hydrogen-bond acceptors (Lipinski definition) is 6. The lowest BCUT2D eigenvalue weighted by molar-refractivity contribution is -0.385. The van der Waals surface area contributed by atoms with Gasteiger partial charge >= 0.3 is 23.7 Å². The number of para-hydroxylation sites is 4. The second kappa shape index (κ2) is 7.43. The van der Waals surface area contributed by atoms with Crippen LogP contribution in [0.25, 0.3) is 0 Å². The highest BCUT2D eigenvalue weighted by atomic mass is 35.6. The molecule has 0 saturated heterocycles. The molecule has 0 radical (unpaired) electrons. The SMILES string of the molecule is O=[N+]([O-])c1ccccc1O/C(=N/C1(C(Cl)(Cl)Cl)Oc2ccccc2O1)C(F)(F)F. The highest BCUT2D eigenvalue weighted by Gasteiger charge is 2.61. The number of hydrogen-bond donors (Lipinski definition) is 0. The molecule has 0 amide bonds. The van der Waals surface area contributed by atoms with Gasteiger partial charge in [0.05, 0.1) is 4.92 Å². The van der Waals surface area contributed by atoms with Gasteiger partial charge in [0.25, 0.3) is 3.79 Å². The summed E-state index contributed by atoms with van der Waals surface area (Å²) in [4.78, 5) is 13.4. The van der Waals surface area contributed by atoms with Crippen molar-refractivity contribution in [2.24, 2.45) is 4.99 Å². The third-order valence-electron chi connectivity index (χ3n) is 3.46. The van der Waals surface area contributed by atoms with E-state index in [-0.39, 0.29) is 11.5 Å². The Bertz CT molecular complexity index is 954. The normalized spacial score (nSPS) is 15.9. The maximum Gasteiger partial charge on any atom is 0.468 e. The number of ether oxygens (including phenoxy) is 3. The van der Waals surface area contributed by atoms with Gasteiger partial charge in [-0.05, 0) is 18.2 Å². The van der Waals surface area contributed by atoms with Crippen molar-refractivity contribution in [3.63, 3.8) is 0 Å². The predicted molar refractivity (Wildman–Crippen MR) is 97.9 cm³/mol. The van der Waals surface area contributed by atoms with Gasteiger partial charge in [-0.1, -0.05) is 59.1 Å². The lowest BCUT2D eigenvalue weighted by atomic mass is 10.3. The summed E-state index contributed by atoms with van der Waals surface area (Å²) in [6.45, 7) is 0. The summed E-state index contributed by atoms with van der Waals surface area (Å²) in [6.07, 6.45) is -5.24. The summed E-state index contributed by atoms with van der Waals surface area (Å²) >= 11 is 17.4. The monoisotopic (exact) mass is 470 g/mol. The minimum Gasteiger partial charge on any atom is -0.428 e. The van der Waals surface area contributed by atoms with E-state index in [1.807, 2.05) is 0 Å². The largest absolute Gasteiger partial charge is 0.468 e. The van der Waals surface area contributed by atoms with Crippen LogP contribution in [0.2, 0.25) is 0 Å². The molecule has 0 aliphatic carbocycles. The van der Waals surface area contributed by atoms with Gasteiger partial charge < -0.3 is 14.2 Å². The van der Waals surface area contributed by atoms with Crippen LogP contribution in [0.5, 0.6) is 17.2 Å². The fourth-order valence-corrected chi connectivity index (χ4v) is 2.60. The average Bonchev–Trinajstić information content (AvgIpc) is 3.00. The molecular formula is C16H8Cl3F3N2O5. The van der Waals surface area contributed by atoms with Crippen LogP contribution < -0.4 is 14.2 Å². The lowest BCUT2D eigenvalue weighted by Crippen LogP contribution is -2.51. The predicted octanol–water partition coefficient (Wildman–Crippen LogP) is 5.43. The van der Waals surface area contributed by atoms with Crippen LogP contribution in [0.4, 0.5) is 18.9 Å². The molecule has 0 unspecified atom stereocenters. The first-order valence-corrected chi connectivity index (χ1v) is 8.68. The van der Waals surface area contributed by atoms with E-state index in [4.69, 9.17) is 49.0 Å². The van der Waals surface area contributed by atoms with Gasteiger partial charge in [-0.2, -0.15) is 18.2 Å². The van der Waals surface area contributed by atoms with Crippen LogP contribution in [0.3, 0.4) is 0 Å². The molecule has 2 aromatic rings. The summed E-state index contributed by atoms with van der Waals surface area (Å²) in [6, 6.07) is 10.1. The van der Waals surface area contributed by atoms with Crippen molar-refractivity contribution in [1.82, 2.24) is 0 Å². The number of fused-ring (bicyclic) bond motifs is 1. The molecule has 0 spiro atoms. The Morgan fingerprint density at radius 1 is 1.03 bits per heavy atom. The molecule has 0 N–H and O–H groups in total. The van der Waals surface area contributed by atoms with E-state index in [0.717, 1.165) is 12.1 Å². The number of benzene rings is 2. The molecule has 1 aliphatic rings. The van der Waals surface area contributed by atoms with Gasteiger partial charge in [-0.15, -0.1) is 0 Å². The quantitative estimate of drug-likeness (QED) is 0.196. The number of halogens is 6. The standard InChI is InChI=1S/C16H8Cl3F3N2O5/c17-15(18,19)16(28-11-7-3-4-8-12(11)29-16)23-13(14(20,21)22)27-10-6-2-1-5-9(10)24(25)26/h1-8H/b23-13+. The molecule has 154 valence electrons. The minimum atomic E-state index is -5.24. The van der Waals surface area contributed by atoms with E-state index in [2.05, 4.69) is 4.99 Å². The van der Waals surface area contributed by atoms with Crippen molar-refractivity contribution in [1.29, 1.82) is 0 Å². The Balaban J connectivity index is 2.10. The highest BCUT2D eigenvalue weighted by molar-refractivity contribution is 6.68. The summed E-state index contributed by atoms with van der Waals surface area (Å²) in [7, 11) is 0. The van der Waals surface area contributed by atoms with Crippen molar-refractivity contribution in [2.45, 2.75) is 15.9 Å². The first-order valence-electron chi connectivity index (χ1n) is 7.55. The second-order valence-corrected chi connectivity index (χ2v) is 7.75. The first kappa shape index (κ1) is 21.3. The number of nitro groups is 1. The molecule has 29 heavy (non-hydrogen) atoms. The van der Waals surface area contributed by atoms with Gasteiger partial charge in [0.15, 0.2) is 11.5 Å². The molecule has 0 fully saturated rings. The highest BCUT2D eigenvalue weighted by Crippen LogP contribution is 2.51. The second-order valence-electron chi connectivity index (χ2n) is 5.47. The van der Waals surface area contributed by atoms with Gasteiger partial charge in [0, 0.05) is 6.07 Å². The molecular weight excluding hydrogens is 464 g/mol. The first-order chi connectivity index (χ1) is 13.4. The third kappa shape index (κ3) is 4.29. The van der Waals surface area contributed by atoms with Crippen LogP contribution in [-0.4, -0.2) is 26.7 Å². The van der Waals surface area contributed by atoms with Crippen LogP contribution in [0.15, 0.2) is 53.5 Å². The van der Waals surface area contributed by atoms with Crippen LogP contribution >= 0.6 is 34.8 Å². The van der Waals surface area contributed by atoms with E-state index in [0.29, 0.717) is 0 Å². The fraction of sp³-hybridized carbons (Fsp3) is 0.188. The number of aliphatic imine (C=N–C) groups is 1. The number of nitro benzene ring substituents is 1. The lowest BCUT2D eigenvalue weighted by Gasteiger charge is -2.30. The summed E-state index contributed by atoms with van der Waals surface area (Å²) < 4.78 is 53.5. The van der Waals surface area contributed by atoms with Crippen molar-refractivity contribution in [3.8, 4) is 17.2 Å². The maximum atomic E-state index is 13.6. The van der Waals surface area contributed by atoms with Gasteiger partial charge in [-0.25, -0.2) is 0 Å². The molecule has 0 bridgehead atoms. The van der Waals surface area contributed by atoms with E-state index in [1.54, 1.807) is 0 Å².